The highest BCUT2D eigenvalue weighted by molar-refractivity contribution is 5.88. The van der Waals surface area contributed by atoms with Crippen molar-refractivity contribution >= 4 is 17.6 Å². The molecule has 0 amide bonds. The minimum absolute atomic E-state index is 0.145. The van der Waals surface area contributed by atoms with E-state index in [1.807, 2.05) is 0 Å². The lowest BCUT2D eigenvalue weighted by Gasteiger charge is -2.21. The molecule has 0 bridgehead atoms. The van der Waals surface area contributed by atoms with E-state index in [2.05, 4.69) is 5.32 Å². The SMILES string of the molecule is CCOC(=O)[C@H](Nc1ccc(OC)cc1)[C@H](N)C(=O)O. The molecule has 1 rings (SSSR count). The van der Waals surface area contributed by atoms with Gasteiger partial charge in [0.1, 0.15) is 11.8 Å². The zero-order chi connectivity index (χ0) is 15.1. The molecule has 0 saturated heterocycles. The van der Waals surface area contributed by atoms with E-state index >= 15 is 0 Å². The van der Waals surface area contributed by atoms with Crippen LogP contribution in [0.3, 0.4) is 0 Å². The van der Waals surface area contributed by atoms with Gasteiger partial charge in [-0.1, -0.05) is 0 Å². The third-order valence-corrected chi connectivity index (χ3v) is 2.60. The van der Waals surface area contributed by atoms with Crippen LogP contribution < -0.4 is 15.8 Å². The van der Waals surface area contributed by atoms with E-state index < -0.39 is 24.0 Å². The van der Waals surface area contributed by atoms with Gasteiger partial charge in [0, 0.05) is 5.69 Å². The first kappa shape index (κ1) is 15.8. The third kappa shape index (κ3) is 4.13. The van der Waals surface area contributed by atoms with E-state index in [-0.39, 0.29) is 6.61 Å². The van der Waals surface area contributed by atoms with E-state index in [1.165, 1.54) is 7.11 Å². The van der Waals surface area contributed by atoms with Crippen LogP contribution in [0.15, 0.2) is 24.3 Å². The molecule has 0 aliphatic heterocycles. The second kappa shape index (κ2) is 7.34. The lowest BCUT2D eigenvalue weighted by Crippen LogP contribution is -2.51. The number of hydrogen-bond acceptors (Lipinski definition) is 6. The van der Waals surface area contributed by atoms with Gasteiger partial charge in [-0.15, -0.1) is 0 Å². The number of carbonyl (C=O) groups is 2. The summed E-state index contributed by atoms with van der Waals surface area (Å²) in [4.78, 5) is 22.7. The molecule has 4 N–H and O–H groups in total. The fourth-order valence-electron chi connectivity index (χ4n) is 1.54. The van der Waals surface area contributed by atoms with Crippen molar-refractivity contribution in [1.82, 2.24) is 0 Å². The van der Waals surface area contributed by atoms with E-state index in [0.29, 0.717) is 11.4 Å². The van der Waals surface area contributed by atoms with Gasteiger partial charge in [0.2, 0.25) is 0 Å². The number of anilines is 1. The Morgan fingerprint density at radius 1 is 1.35 bits per heavy atom. The largest absolute Gasteiger partial charge is 0.497 e. The van der Waals surface area contributed by atoms with Gasteiger partial charge in [-0.25, -0.2) is 4.79 Å². The van der Waals surface area contributed by atoms with Crippen molar-refractivity contribution in [3.8, 4) is 5.75 Å². The van der Waals surface area contributed by atoms with Crippen molar-refractivity contribution in [2.24, 2.45) is 5.73 Å². The molecular weight excluding hydrogens is 264 g/mol. The summed E-state index contributed by atoms with van der Waals surface area (Å²) in [6, 6.07) is 4.09. The molecule has 0 unspecified atom stereocenters. The molecule has 7 heteroatoms. The number of carbonyl (C=O) groups excluding carboxylic acids is 1. The predicted octanol–water partition coefficient (Wildman–Crippen LogP) is 0.451. The lowest BCUT2D eigenvalue weighted by atomic mass is 10.1. The van der Waals surface area contributed by atoms with Gasteiger partial charge >= 0.3 is 11.9 Å². The molecule has 110 valence electrons. The molecule has 0 spiro atoms. The number of ether oxygens (including phenoxy) is 2. The normalized spacial score (nSPS) is 13.2. The van der Waals surface area contributed by atoms with Gasteiger partial charge in [0.25, 0.3) is 0 Å². The first-order valence-electron chi connectivity index (χ1n) is 6.05. The Morgan fingerprint density at radius 2 is 1.95 bits per heavy atom. The highest BCUT2D eigenvalue weighted by Crippen LogP contribution is 2.16. The van der Waals surface area contributed by atoms with Gasteiger partial charge in [-0.3, -0.25) is 4.79 Å². The maximum atomic E-state index is 11.8. The van der Waals surface area contributed by atoms with Crippen LogP contribution in [0.25, 0.3) is 0 Å². The molecule has 2 atom stereocenters. The third-order valence-electron chi connectivity index (χ3n) is 2.60. The molecule has 7 nitrogen and oxygen atoms in total. The molecular formula is C13H18N2O5. The number of aliphatic carboxylic acids is 1. The monoisotopic (exact) mass is 282 g/mol. The van der Waals surface area contributed by atoms with E-state index in [9.17, 15) is 9.59 Å². The summed E-state index contributed by atoms with van der Waals surface area (Å²) >= 11 is 0. The van der Waals surface area contributed by atoms with Crippen molar-refractivity contribution in [1.29, 1.82) is 0 Å². The maximum Gasteiger partial charge on any atom is 0.330 e. The molecule has 1 aromatic rings. The molecule has 0 heterocycles. The molecule has 0 saturated carbocycles. The first-order valence-corrected chi connectivity index (χ1v) is 6.05. The van der Waals surface area contributed by atoms with Crippen molar-refractivity contribution in [2.45, 2.75) is 19.0 Å². The summed E-state index contributed by atoms with van der Waals surface area (Å²) in [6.45, 7) is 1.78. The summed E-state index contributed by atoms with van der Waals surface area (Å²) in [7, 11) is 1.53. The molecule has 0 aliphatic carbocycles. The fraction of sp³-hybridized carbons (Fsp3) is 0.385. The van der Waals surface area contributed by atoms with Crippen molar-refractivity contribution in [3.63, 3.8) is 0 Å². The fourth-order valence-corrected chi connectivity index (χ4v) is 1.54. The lowest BCUT2D eigenvalue weighted by molar-refractivity contribution is -0.149. The Kier molecular flexibility index (Phi) is 5.79. The van der Waals surface area contributed by atoms with Gasteiger partial charge in [0.05, 0.1) is 13.7 Å². The van der Waals surface area contributed by atoms with Crippen molar-refractivity contribution < 1.29 is 24.2 Å². The van der Waals surface area contributed by atoms with Gasteiger partial charge in [-0.05, 0) is 31.2 Å². The Morgan fingerprint density at radius 3 is 2.40 bits per heavy atom. The summed E-state index contributed by atoms with van der Waals surface area (Å²) in [5, 5.41) is 11.7. The average molecular weight is 282 g/mol. The van der Waals surface area contributed by atoms with Crippen LogP contribution in [0.2, 0.25) is 0 Å². The highest BCUT2D eigenvalue weighted by atomic mass is 16.5. The van der Waals surface area contributed by atoms with Crippen LogP contribution in [0.5, 0.6) is 5.75 Å². The van der Waals surface area contributed by atoms with Gasteiger partial charge in [-0.2, -0.15) is 0 Å². The van der Waals surface area contributed by atoms with Crippen molar-refractivity contribution in [2.75, 3.05) is 19.0 Å². The highest BCUT2D eigenvalue weighted by Gasteiger charge is 2.31. The van der Waals surface area contributed by atoms with Crippen LogP contribution in [0.4, 0.5) is 5.69 Å². The number of nitrogens with two attached hydrogens (primary N) is 1. The topological polar surface area (TPSA) is 111 Å². The first-order chi connectivity index (χ1) is 9.49. The average Bonchev–Trinajstić information content (AvgIpc) is 2.44. The maximum absolute atomic E-state index is 11.8. The molecule has 0 aromatic heterocycles. The van der Waals surface area contributed by atoms with Crippen LogP contribution in [0.1, 0.15) is 6.92 Å². The van der Waals surface area contributed by atoms with Gasteiger partial charge < -0.3 is 25.6 Å². The number of benzene rings is 1. The minimum atomic E-state index is -1.41. The molecule has 0 radical (unpaired) electrons. The van der Waals surface area contributed by atoms with E-state index in [1.54, 1.807) is 31.2 Å². The Hall–Kier alpha value is -2.28. The van der Waals surface area contributed by atoms with Crippen LogP contribution in [-0.4, -0.2) is 42.8 Å². The second-order valence-electron chi connectivity index (χ2n) is 3.97. The van der Waals surface area contributed by atoms with Crippen LogP contribution in [-0.2, 0) is 14.3 Å². The van der Waals surface area contributed by atoms with Crippen LogP contribution in [0, 0.1) is 0 Å². The van der Waals surface area contributed by atoms with Gasteiger partial charge in [0.15, 0.2) is 6.04 Å². The Labute approximate surface area is 116 Å². The number of rotatable bonds is 7. The number of esters is 1. The second-order valence-corrected chi connectivity index (χ2v) is 3.97. The number of methoxy groups -OCH3 is 1. The number of hydrogen-bond donors (Lipinski definition) is 3. The number of carboxylic acids is 1. The summed E-state index contributed by atoms with van der Waals surface area (Å²) in [5.74, 6) is -1.35. The van der Waals surface area contributed by atoms with E-state index in [0.717, 1.165) is 0 Å². The Balaban J connectivity index is 2.87. The molecule has 0 fully saturated rings. The molecule has 20 heavy (non-hydrogen) atoms. The smallest absolute Gasteiger partial charge is 0.330 e. The minimum Gasteiger partial charge on any atom is -0.497 e. The standard InChI is InChI=1S/C13H18N2O5/c1-3-20-13(18)11(10(14)12(16)17)15-8-4-6-9(19-2)7-5-8/h4-7,10-11,15H,3,14H2,1-2H3,(H,16,17)/t10-,11+/m0/s1. The number of carboxylic acid groups (broad SMARTS) is 1. The Bertz CT molecular complexity index is 460. The summed E-state index contributed by atoms with van der Waals surface area (Å²) in [5.41, 5.74) is 6.05. The van der Waals surface area contributed by atoms with Crippen molar-refractivity contribution in [3.05, 3.63) is 24.3 Å². The molecule has 0 aliphatic rings. The summed E-state index contributed by atoms with van der Waals surface area (Å²) in [6.07, 6.45) is 0. The molecule has 1 aromatic carbocycles. The zero-order valence-corrected chi connectivity index (χ0v) is 11.3. The number of nitrogens with one attached hydrogen (secondary N) is 1. The quantitative estimate of drug-likeness (QED) is 0.623. The predicted molar refractivity (Wildman–Crippen MR) is 72.6 cm³/mol. The summed E-state index contributed by atoms with van der Waals surface area (Å²) < 4.78 is 9.83. The van der Waals surface area contributed by atoms with Crippen LogP contribution >= 0.6 is 0 Å². The van der Waals surface area contributed by atoms with E-state index in [4.69, 9.17) is 20.3 Å². The zero-order valence-electron chi connectivity index (χ0n) is 11.3.